The average Bonchev–Trinajstić information content (AvgIpc) is 2.41. The first-order valence-corrected chi connectivity index (χ1v) is 7.72. The van der Waals surface area contributed by atoms with Crippen LogP contribution in [0.25, 0.3) is 0 Å². The molecule has 1 aromatic rings. The molecule has 0 spiro atoms. The van der Waals surface area contributed by atoms with Crippen molar-refractivity contribution in [3.63, 3.8) is 0 Å². The van der Waals surface area contributed by atoms with Gasteiger partial charge in [0.05, 0.1) is 18.9 Å². The van der Waals surface area contributed by atoms with Gasteiger partial charge in [-0.25, -0.2) is 0 Å². The number of aromatic nitrogens is 1. The molecule has 6 heteroatoms. The highest BCUT2D eigenvalue weighted by Gasteiger charge is 2.28. The number of carbonyl (C=O) groups excluding carboxylic acids is 1. The number of pyridine rings is 1. The minimum atomic E-state index is -0.854. The minimum Gasteiger partial charge on any atom is -0.481 e. The second-order valence-electron chi connectivity index (χ2n) is 4.90. The van der Waals surface area contributed by atoms with Crippen LogP contribution in [0.3, 0.4) is 0 Å². The molecule has 0 bridgehead atoms. The van der Waals surface area contributed by atoms with Crippen molar-refractivity contribution in [1.82, 2.24) is 9.88 Å². The fourth-order valence-electron chi connectivity index (χ4n) is 2.23. The number of aliphatic carboxylic acids is 1. The van der Waals surface area contributed by atoms with E-state index in [2.05, 4.69) is 4.98 Å². The second-order valence-corrected chi connectivity index (χ2v) is 6.05. The smallest absolute Gasteiger partial charge is 0.305 e. The molecular weight excluding hydrogens is 276 g/mol. The minimum absolute atomic E-state index is 0.0118. The molecular formula is C14H18N2O3S. The Morgan fingerprint density at radius 3 is 2.95 bits per heavy atom. The first kappa shape index (κ1) is 14.8. The summed E-state index contributed by atoms with van der Waals surface area (Å²) in [7, 11) is 0. The lowest BCUT2D eigenvalue weighted by Gasteiger charge is -2.34. The van der Waals surface area contributed by atoms with Crippen molar-refractivity contribution in [3.8, 4) is 0 Å². The lowest BCUT2D eigenvalue weighted by molar-refractivity contribution is -0.140. The molecule has 1 unspecified atom stereocenters. The van der Waals surface area contributed by atoms with Crippen LogP contribution in [0.2, 0.25) is 0 Å². The largest absolute Gasteiger partial charge is 0.481 e. The third-order valence-electron chi connectivity index (χ3n) is 3.29. The fourth-order valence-corrected chi connectivity index (χ4v) is 3.30. The maximum absolute atomic E-state index is 12.3. The highest BCUT2D eigenvalue weighted by molar-refractivity contribution is 7.99. The zero-order valence-corrected chi connectivity index (χ0v) is 12.2. The Balaban J connectivity index is 2.01. The molecule has 1 fully saturated rings. The Bertz CT molecular complexity index is 490. The summed E-state index contributed by atoms with van der Waals surface area (Å²) in [5, 5.41) is 8.93. The van der Waals surface area contributed by atoms with Gasteiger partial charge in [-0.15, -0.1) is 0 Å². The predicted molar refractivity (Wildman–Crippen MR) is 77.8 cm³/mol. The number of carboxylic acid groups (broad SMARTS) is 1. The average molecular weight is 294 g/mol. The van der Waals surface area contributed by atoms with E-state index >= 15 is 0 Å². The molecule has 108 valence electrons. The van der Waals surface area contributed by atoms with E-state index in [9.17, 15) is 9.59 Å². The van der Waals surface area contributed by atoms with E-state index in [0.717, 1.165) is 17.0 Å². The lowest BCUT2D eigenvalue weighted by atomic mass is 10.1. The van der Waals surface area contributed by atoms with Gasteiger partial charge in [-0.1, -0.05) is 6.07 Å². The molecule has 1 atom stereocenters. The number of nitrogens with zero attached hydrogens (tertiary/aromatic N) is 2. The molecule has 20 heavy (non-hydrogen) atoms. The van der Waals surface area contributed by atoms with Gasteiger partial charge in [0.25, 0.3) is 0 Å². The van der Waals surface area contributed by atoms with Gasteiger partial charge in [-0.2, -0.15) is 11.8 Å². The summed E-state index contributed by atoms with van der Waals surface area (Å²) >= 11 is 1.70. The van der Waals surface area contributed by atoms with Crippen LogP contribution < -0.4 is 0 Å². The summed E-state index contributed by atoms with van der Waals surface area (Å²) in [6.45, 7) is 2.52. The Hall–Kier alpha value is -1.56. The van der Waals surface area contributed by atoms with Crippen molar-refractivity contribution in [2.45, 2.75) is 25.8 Å². The van der Waals surface area contributed by atoms with E-state index < -0.39 is 5.97 Å². The van der Waals surface area contributed by atoms with Crippen molar-refractivity contribution in [2.24, 2.45) is 0 Å². The van der Waals surface area contributed by atoms with Crippen LogP contribution in [0.15, 0.2) is 18.3 Å². The summed E-state index contributed by atoms with van der Waals surface area (Å²) < 4.78 is 0. The molecule has 5 nitrogen and oxygen atoms in total. The first-order valence-electron chi connectivity index (χ1n) is 6.57. The van der Waals surface area contributed by atoms with Crippen molar-refractivity contribution in [1.29, 1.82) is 0 Å². The molecule has 0 saturated carbocycles. The molecule has 0 aromatic carbocycles. The molecule has 1 aromatic heterocycles. The summed E-state index contributed by atoms with van der Waals surface area (Å²) in [6, 6.07) is 3.58. The molecule has 1 N–H and O–H groups in total. The Kier molecular flexibility index (Phi) is 5.00. The molecule has 2 rings (SSSR count). The number of hydrogen-bond acceptors (Lipinski definition) is 4. The van der Waals surface area contributed by atoms with Crippen LogP contribution in [-0.4, -0.2) is 51.0 Å². The first-order chi connectivity index (χ1) is 9.56. The Morgan fingerprint density at radius 2 is 2.30 bits per heavy atom. The summed E-state index contributed by atoms with van der Waals surface area (Å²) in [4.78, 5) is 29.1. The van der Waals surface area contributed by atoms with Crippen LogP contribution in [0.4, 0.5) is 0 Å². The van der Waals surface area contributed by atoms with Gasteiger partial charge in [0.2, 0.25) is 5.91 Å². The van der Waals surface area contributed by atoms with Gasteiger partial charge in [0.1, 0.15) is 0 Å². The van der Waals surface area contributed by atoms with Gasteiger partial charge >= 0.3 is 5.97 Å². The summed E-state index contributed by atoms with van der Waals surface area (Å²) in [6.07, 6.45) is 2.01. The molecule has 1 amide bonds. The van der Waals surface area contributed by atoms with E-state index in [-0.39, 0.29) is 24.8 Å². The SMILES string of the molecule is Cc1ccc(CC(=O)N2CCSCC2CC(=O)O)cn1. The second kappa shape index (κ2) is 6.74. The van der Waals surface area contributed by atoms with E-state index in [0.29, 0.717) is 12.3 Å². The monoisotopic (exact) mass is 294 g/mol. The quantitative estimate of drug-likeness (QED) is 0.907. The van der Waals surface area contributed by atoms with Gasteiger partial charge in [0, 0.05) is 29.9 Å². The normalized spacial score (nSPS) is 18.9. The van der Waals surface area contributed by atoms with E-state index in [1.165, 1.54) is 0 Å². The molecule has 2 heterocycles. The molecule has 1 aliphatic rings. The third kappa shape index (κ3) is 3.96. The van der Waals surface area contributed by atoms with E-state index in [1.54, 1.807) is 22.9 Å². The number of carboxylic acids is 1. The Labute approximate surface area is 122 Å². The van der Waals surface area contributed by atoms with Crippen molar-refractivity contribution >= 4 is 23.6 Å². The number of amides is 1. The maximum atomic E-state index is 12.3. The van der Waals surface area contributed by atoms with Crippen molar-refractivity contribution in [2.75, 3.05) is 18.1 Å². The standard InChI is InChI=1S/C14H18N2O3S/c1-10-2-3-11(8-15-10)6-13(17)16-4-5-20-9-12(16)7-14(18)19/h2-3,8,12H,4-7,9H2,1H3,(H,18,19). The van der Waals surface area contributed by atoms with Crippen LogP contribution in [-0.2, 0) is 16.0 Å². The lowest BCUT2D eigenvalue weighted by Crippen LogP contribution is -2.47. The maximum Gasteiger partial charge on any atom is 0.305 e. The number of carbonyl (C=O) groups is 2. The highest BCUT2D eigenvalue weighted by Crippen LogP contribution is 2.20. The Morgan fingerprint density at radius 1 is 1.50 bits per heavy atom. The van der Waals surface area contributed by atoms with Crippen molar-refractivity contribution < 1.29 is 14.7 Å². The zero-order chi connectivity index (χ0) is 14.5. The topological polar surface area (TPSA) is 70.5 Å². The zero-order valence-electron chi connectivity index (χ0n) is 11.4. The van der Waals surface area contributed by atoms with Gasteiger partial charge in [-0.3, -0.25) is 14.6 Å². The number of hydrogen-bond donors (Lipinski definition) is 1. The predicted octanol–water partition coefficient (Wildman–Crippen LogP) is 1.35. The number of thioether (sulfide) groups is 1. The van der Waals surface area contributed by atoms with Crippen LogP contribution in [0.5, 0.6) is 0 Å². The summed E-state index contributed by atoms with van der Waals surface area (Å²) in [5.74, 6) is 0.701. The van der Waals surface area contributed by atoms with E-state index in [1.807, 2.05) is 19.1 Å². The highest BCUT2D eigenvalue weighted by atomic mass is 32.2. The van der Waals surface area contributed by atoms with Crippen LogP contribution in [0.1, 0.15) is 17.7 Å². The van der Waals surface area contributed by atoms with E-state index in [4.69, 9.17) is 5.11 Å². The third-order valence-corrected chi connectivity index (χ3v) is 4.38. The fraction of sp³-hybridized carbons (Fsp3) is 0.500. The molecule has 0 radical (unpaired) electrons. The molecule has 1 saturated heterocycles. The summed E-state index contributed by atoms with van der Waals surface area (Å²) in [5.41, 5.74) is 1.78. The van der Waals surface area contributed by atoms with Gasteiger partial charge in [-0.05, 0) is 18.6 Å². The number of rotatable bonds is 4. The van der Waals surface area contributed by atoms with Crippen LogP contribution >= 0.6 is 11.8 Å². The van der Waals surface area contributed by atoms with Gasteiger partial charge in [0.15, 0.2) is 0 Å². The van der Waals surface area contributed by atoms with Gasteiger partial charge < -0.3 is 10.0 Å². The van der Waals surface area contributed by atoms with Crippen molar-refractivity contribution in [3.05, 3.63) is 29.6 Å². The number of aryl methyl sites for hydroxylation is 1. The molecule has 0 aliphatic carbocycles. The molecule has 1 aliphatic heterocycles. The van der Waals surface area contributed by atoms with Crippen LogP contribution in [0, 0.1) is 6.92 Å².